The standard InChI is InChI=1S/C14H20N2O3/c1-19-14(18)11-3-2-4-12(13(11)15)16-7-5-10(9-16)6-8-17/h2-4,10,17H,5-9,15H2,1H3. The Kier molecular flexibility index (Phi) is 4.27. The highest BCUT2D eigenvalue weighted by molar-refractivity contribution is 5.98. The Morgan fingerprint density at radius 2 is 2.37 bits per heavy atom. The van der Waals surface area contributed by atoms with Crippen LogP contribution in [-0.2, 0) is 4.74 Å². The average molecular weight is 264 g/mol. The van der Waals surface area contributed by atoms with Gasteiger partial charge in [-0.1, -0.05) is 6.07 Å². The third-order valence-electron chi connectivity index (χ3n) is 3.65. The summed E-state index contributed by atoms with van der Waals surface area (Å²) in [6, 6.07) is 5.41. The van der Waals surface area contributed by atoms with Crippen molar-refractivity contribution in [2.24, 2.45) is 5.92 Å². The number of nitrogens with two attached hydrogens (primary N) is 1. The van der Waals surface area contributed by atoms with E-state index in [-0.39, 0.29) is 6.61 Å². The van der Waals surface area contributed by atoms with E-state index in [1.165, 1.54) is 7.11 Å². The van der Waals surface area contributed by atoms with Crippen LogP contribution in [0, 0.1) is 5.92 Å². The van der Waals surface area contributed by atoms with Gasteiger partial charge in [0.05, 0.1) is 24.0 Å². The first-order chi connectivity index (χ1) is 9.17. The number of benzene rings is 1. The Labute approximate surface area is 113 Å². The van der Waals surface area contributed by atoms with E-state index in [2.05, 4.69) is 4.90 Å². The van der Waals surface area contributed by atoms with Gasteiger partial charge in [0.2, 0.25) is 0 Å². The van der Waals surface area contributed by atoms with Gasteiger partial charge in [-0.2, -0.15) is 0 Å². The van der Waals surface area contributed by atoms with E-state index in [0.29, 0.717) is 17.2 Å². The van der Waals surface area contributed by atoms with E-state index in [0.717, 1.165) is 31.6 Å². The third-order valence-corrected chi connectivity index (χ3v) is 3.65. The second-order valence-electron chi connectivity index (χ2n) is 4.84. The molecule has 5 nitrogen and oxygen atoms in total. The van der Waals surface area contributed by atoms with E-state index in [1.807, 2.05) is 12.1 Å². The molecule has 1 fully saturated rings. The SMILES string of the molecule is COC(=O)c1cccc(N2CCC(CCO)C2)c1N. The Hall–Kier alpha value is -1.75. The summed E-state index contributed by atoms with van der Waals surface area (Å²) in [5.41, 5.74) is 7.82. The fourth-order valence-electron chi connectivity index (χ4n) is 2.59. The molecule has 19 heavy (non-hydrogen) atoms. The predicted molar refractivity (Wildman–Crippen MR) is 74.2 cm³/mol. The average Bonchev–Trinajstić information content (AvgIpc) is 2.87. The lowest BCUT2D eigenvalue weighted by Crippen LogP contribution is -2.22. The normalized spacial score (nSPS) is 18.6. The lowest BCUT2D eigenvalue weighted by molar-refractivity contribution is 0.0602. The molecular formula is C14H20N2O3. The molecule has 5 heteroatoms. The van der Waals surface area contributed by atoms with Crippen LogP contribution in [0.4, 0.5) is 11.4 Å². The fourth-order valence-corrected chi connectivity index (χ4v) is 2.59. The van der Waals surface area contributed by atoms with Gasteiger partial charge in [0, 0.05) is 19.7 Å². The lowest BCUT2D eigenvalue weighted by Gasteiger charge is -2.21. The molecule has 2 rings (SSSR count). The molecule has 1 aromatic rings. The van der Waals surface area contributed by atoms with Crippen LogP contribution in [0.1, 0.15) is 23.2 Å². The fraction of sp³-hybridized carbons (Fsp3) is 0.500. The van der Waals surface area contributed by atoms with E-state index in [9.17, 15) is 4.79 Å². The molecule has 1 saturated heterocycles. The van der Waals surface area contributed by atoms with Gasteiger partial charge in [0.15, 0.2) is 0 Å². The molecule has 1 aliphatic heterocycles. The molecule has 0 spiro atoms. The Balaban J connectivity index is 2.19. The molecule has 0 bridgehead atoms. The van der Waals surface area contributed by atoms with Crippen LogP contribution < -0.4 is 10.6 Å². The summed E-state index contributed by atoms with van der Waals surface area (Å²) in [7, 11) is 1.35. The Morgan fingerprint density at radius 1 is 1.58 bits per heavy atom. The molecule has 1 unspecified atom stereocenters. The topological polar surface area (TPSA) is 75.8 Å². The molecule has 0 aliphatic carbocycles. The second kappa shape index (κ2) is 5.93. The van der Waals surface area contributed by atoms with Crippen molar-refractivity contribution in [3.8, 4) is 0 Å². The van der Waals surface area contributed by atoms with Crippen molar-refractivity contribution in [2.45, 2.75) is 12.8 Å². The number of aliphatic hydroxyl groups is 1. The maximum Gasteiger partial charge on any atom is 0.340 e. The van der Waals surface area contributed by atoms with Gasteiger partial charge in [-0.3, -0.25) is 0 Å². The van der Waals surface area contributed by atoms with Crippen LogP contribution in [0.3, 0.4) is 0 Å². The number of methoxy groups -OCH3 is 1. The zero-order chi connectivity index (χ0) is 13.8. The van der Waals surface area contributed by atoms with Crippen molar-refractivity contribution in [2.75, 3.05) is 37.4 Å². The van der Waals surface area contributed by atoms with Gasteiger partial charge < -0.3 is 20.5 Å². The number of nitrogen functional groups attached to an aromatic ring is 1. The number of aliphatic hydroxyl groups excluding tert-OH is 1. The lowest BCUT2D eigenvalue weighted by atomic mass is 10.1. The van der Waals surface area contributed by atoms with Crippen molar-refractivity contribution < 1.29 is 14.6 Å². The summed E-state index contributed by atoms with van der Waals surface area (Å²) in [4.78, 5) is 13.8. The molecule has 0 aromatic heterocycles. The largest absolute Gasteiger partial charge is 0.465 e. The van der Waals surface area contributed by atoms with Crippen molar-refractivity contribution in [1.29, 1.82) is 0 Å². The van der Waals surface area contributed by atoms with E-state index in [1.54, 1.807) is 6.07 Å². The molecule has 1 atom stereocenters. The number of ether oxygens (including phenoxy) is 1. The molecule has 1 heterocycles. The van der Waals surface area contributed by atoms with Crippen LogP contribution in [-0.4, -0.2) is 37.9 Å². The molecule has 3 N–H and O–H groups in total. The number of para-hydroxylation sites is 1. The van der Waals surface area contributed by atoms with Gasteiger partial charge >= 0.3 is 5.97 Å². The number of nitrogens with zero attached hydrogens (tertiary/aromatic N) is 1. The van der Waals surface area contributed by atoms with Crippen molar-refractivity contribution in [1.82, 2.24) is 0 Å². The van der Waals surface area contributed by atoms with Crippen LogP contribution in [0.2, 0.25) is 0 Å². The van der Waals surface area contributed by atoms with Gasteiger partial charge in [-0.05, 0) is 30.9 Å². The van der Waals surface area contributed by atoms with Crippen LogP contribution in [0.15, 0.2) is 18.2 Å². The van der Waals surface area contributed by atoms with E-state index < -0.39 is 5.97 Å². The molecule has 0 saturated carbocycles. The highest BCUT2D eigenvalue weighted by Gasteiger charge is 2.25. The van der Waals surface area contributed by atoms with E-state index in [4.69, 9.17) is 15.6 Å². The van der Waals surface area contributed by atoms with Crippen LogP contribution >= 0.6 is 0 Å². The maximum atomic E-state index is 11.6. The summed E-state index contributed by atoms with van der Waals surface area (Å²) in [5.74, 6) is 0.0802. The molecule has 1 aromatic carbocycles. The molecule has 104 valence electrons. The summed E-state index contributed by atoms with van der Waals surface area (Å²) in [6.45, 7) is 1.99. The molecule has 1 aliphatic rings. The quantitative estimate of drug-likeness (QED) is 0.632. The number of rotatable bonds is 4. The smallest absolute Gasteiger partial charge is 0.340 e. The minimum absolute atomic E-state index is 0.218. The van der Waals surface area contributed by atoms with Crippen molar-refractivity contribution >= 4 is 17.3 Å². The second-order valence-corrected chi connectivity index (χ2v) is 4.84. The van der Waals surface area contributed by atoms with Crippen molar-refractivity contribution in [3.63, 3.8) is 0 Å². The predicted octanol–water partition coefficient (Wildman–Crippen LogP) is 1.26. The summed E-state index contributed by atoms with van der Waals surface area (Å²) >= 11 is 0. The zero-order valence-electron chi connectivity index (χ0n) is 11.1. The number of hydrogen-bond acceptors (Lipinski definition) is 5. The highest BCUT2D eigenvalue weighted by atomic mass is 16.5. The van der Waals surface area contributed by atoms with E-state index >= 15 is 0 Å². The summed E-state index contributed by atoms with van der Waals surface area (Å²) < 4.78 is 4.72. The van der Waals surface area contributed by atoms with Gasteiger partial charge in [-0.25, -0.2) is 4.79 Å². The number of anilines is 2. The monoisotopic (exact) mass is 264 g/mol. The molecule has 0 radical (unpaired) electrons. The van der Waals surface area contributed by atoms with Crippen LogP contribution in [0.5, 0.6) is 0 Å². The third kappa shape index (κ3) is 2.81. The molecule has 0 amide bonds. The Bertz CT molecular complexity index is 462. The summed E-state index contributed by atoms with van der Waals surface area (Å²) in [6.07, 6.45) is 1.86. The molecular weight excluding hydrogens is 244 g/mol. The van der Waals surface area contributed by atoms with Gasteiger partial charge in [-0.15, -0.1) is 0 Å². The van der Waals surface area contributed by atoms with Gasteiger partial charge in [0.25, 0.3) is 0 Å². The zero-order valence-corrected chi connectivity index (χ0v) is 11.1. The number of carbonyl (C=O) groups is 1. The first-order valence-electron chi connectivity index (χ1n) is 6.50. The minimum Gasteiger partial charge on any atom is -0.465 e. The minimum atomic E-state index is -0.412. The maximum absolute atomic E-state index is 11.6. The number of carbonyl (C=O) groups excluding carboxylic acids is 1. The first-order valence-corrected chi connectivity index (χ1v) is 6.50. The first kappa shape index (κ1) is 13.7. The van der Waals surface area contributed by atoms with Gasteiger partial charge in [0.1, 0.15) is 0 Å². The Morgan fingerprint density at radius 3 is 3.05 bits per heavy atom. The summed E-state index contributed by atoms with van der Waals surface area (Å²) in [5, 5.41) is 8.98. The highest BCUT2D eigenvalue weighted by Crippen LogP contribution is 2.32. The number of hydrogen-bond donors (Lipinski definition) is 2. The number of esters is 1. The van der Waals surface area contributed by atoms with Crippen molar-refractivity contribution in [3.05, 3.63) is 23.8 Å². The van der Waals surface area contributed by atoms with Crippen LogP contribution in [0.25, 0.3) is 0 Å².